The van der Waals surface area contributed by atoms with Crippen LogP contribution >= 0.6 is 0 Å². The van der Waals surface area contributed by atoms with Crippen LogP contribution in [-0.2, 0) is 13.0 Å². The van der Waals surface area contributed by atoms with Crippen molar-refractivity contribution in [3.05, 3.63) is 35.4 Å². The Morgan fingerprint density at radius 3 is 2.70 bits per heavy atom. The molecule has 0 radical (unpaired) electrons. The molecule has 52 valence electrons. The fraction of sp³-hybridized carbons (Fsp3) is 0.333. The van der Waals surface area contributed by atoms with E-state index in [1.807, 2.05) is 0 Å². The summed E-state index contributed by atoms with van der Waals surface area (Å²) in [6.07, 6.45) is 1.25. The van der Waals surface area contributed by atoms with Crippen LogP contribution in [-0.4, -0.2) is 6.54 Å². The Balaban J connectivity index is 2.41. The van der Waals surface area contributed by atoms with Crippen LogP contribution in [0.25, 0.3) is 0 Å². The van der Waals surface area contributed by atoms with Gasteiger partial charge in [0.1, 0.15) is 6.54 Å². The van der Waals surface area contributed by atoms with Gasteiger partial charge in [0.25, 0.3) is 0 Å². The summed E-state index contributed by atoms with van der Waals surface area (Å²) >= 11 is 0. The van der Waals surface area contributed by atoms with Crippen molar-refractivity contribution >= 4 is 0 Å². The molecular formula is C9H12N+. The van der Waals surface area contributed by atoms with Gasteiger partial charge >= 0.3 is 0 Å². The second-order valence-electron chi connectivity index (χ2n) is 2.80. The normalized spacial score (nSPS) is 16.4. The molecule has 0 unspecified atom stereocenters. The minimum absolute atomic E-state index is 1.18. The predicted molar refractivity (Wildman–Crippen MR) is 40.6 cm³/mol. The molecule has 0 amide bonds. The number of hydrogen-bond acceptors (Lipinski definition) is 0. The molecular weight excluding hydrogens is 122 g/mol. The molecule has 0 saturated heterocycles. The van der Waals surface area contributed by atoms with E-state index in [0.717, 1.165) is 0 Å². The number of rotatable bonds is 0. The maximum Gasteiger partial charge on any atom is 0.102 e. The SMILES string of the molecule is c1ccc2c(c1)CC[NH2+]C2. The van der Waals surface area contributed by atoms with Crippen molar-refractivity contribution in [1.82, 2.24) is 0 Å². The third-order valence-electron chi connectivity index (χ3n) is 2.10. The quantitative estimate of drug-likeness (QED) is 0.526. The largest absolute Gasteiger partial charge is 0.342 e. The number of benzene rings is 1. The molecule has 2 N–H and O–H groups in total. The lowest BCUT2D eigenvalue weighted by Gasteiger charge is -2.12. The zero-order valence-corrected chi connectivity index (χ0v) is 6.01. The van der Waals surface area contributed by atoms with E-state index in [-0.39, 0.29) is 0 Å². The van der Waals surface area contributed by atoms with E-state index < -0.39 is 0 Å². The van der Waals surface area contributed by atoms with E-state index >= 15 is 0 Å². The minimum atomic E-state index is 1.18. The summed E-state index contributed by atoms with van der Waals surface area (Å²) in [6, 6.07) is 8.72. The van der Waals surface area contributed by atoms with Crippen LogP contribution in [0.5, 0.6) is 0 Å². The van der Waals surface area contributed by atoms with E-state index in [0.29, 0.717) is 0 Å². The van der Waals surface area contributed by atoms with Gasteiger partial charge in [-0.25, -0.2) is 0 Å². The van der Waals surface area contributed by atoms with Gasteiger partial charge in [0.15, 0.2) is 0 Å². The van der Waals surface area contributed by atoms with Crippen LogP contribution in [0, 0.1) is 0 Å². The van der Waals surface area contributed by atoms with Crippen molar-refractivity contribution in [1.29, 1.82) is 0 Å². The Hall–Kier alpha value is -0.820. The van der Waals surface area contributed by atoms with Crippen LogP contribution in [0.1, 0.15) is 11.1 Å². The van der Waals surface area contributed by atoms with E-state index in [1.54, 1.807) is 5.56 Å². The average molecular weight is 134 g/mol. The molecule has 10 heavy (non-hydrogen) atoms. The van der Waals surface area contributed by atoms with Crippen molar-refractivity contribution in [2.45, 2.75) is 13.0 Å². The van der Waals surface area contributed by atoms with Crippen LogP contribution in [0.2, 0.25) is 0 Å². The highest BCUT2D eigenvalue weighted by molar-refractivity contribution is 5.27. The van der Waals surface area contributed by atoms with E-state index in [4.69, 9.17) is 0 Å². The van der Waals surface area contributed by atoms with Gasteiger partial charge in [-0.05, 0) is 5.56 Å². The summed E-state index contributed by atoms with van der Waals surface area (Å²) in [5, 5.41) is 2.36. The third-order valence-corrected chi connectivity index (χ3v) is 2.10. The van der Waals surface area contributed by atoms with Crippen LogP contribution in [0.3, 0.4) is 0 Å². The number of quaternary nitrogens is 1. The summed E-state index contributed by atoms with van der Waals surface area (Å²) in [5.74, 6) is 0. The lowest BCUT2D eigenvalue weighted by molar-refractivity contribution is -0.673. The minimum Gasteiger partial charge on any atom is -0.342 e. The standard InChI is InChI=1S/C9H11N/c1-2-4-9-7-10-6-5-8(9)3-1/h1-4,10H,5-7H2/p+1. The lowest BCUT2D eigenvalue weighted by Crippen LogP contribution is -2.84. The van der Waals surface area contributed by atoms with Crippen molar-refractivity contribution in [3.8, 4) is 0 Å². The molecule has 1 nitrogen and oxygen atoms in total. The fourth-order valence-corrected chi connectivity index (χ4v) is 1.52. The summed E-state index contributed by atoms with van der Waals surface area (Å²) in [7, 11) is 0. The molecule has 0 saturated carbocycles. The van der Waals surface area contributed by atoms with Gasteiger partial charge < -0.3 is 5.32 Å². The first-order valence-corrected chi connectivity index (χ1v) is 3.85. The molecule has 0 aliphatic carbocycles. The van der Waals surface area contributed by atoms with Gasteiger partial charge in [0.2, 0.25) is 0 Å². The van der Waals surface area contributed by atoms with Gasteiger partial charge in [-0.15, -0.1) is 0 Å². The molecule has 1 aliphatic heterocycles. The van der Waals surface area contributed by atoms with Crippen molar-refractivity contribution < 1.29 is 5.32 Å². The summed E-state index contributed by atoms with van der Waals surface area (Å²) in [6.45, 7) is 2.44. The Morgan fingerprint density at radius 2 is 1.90 bits per heavy atom. The van der Waals surface area contributed by atoms with Gasteiger partial charge in [0, 0.05) is 12.0 Å². The van der Waals surface area contributed by atoms with Crippen molar-refractivity contribution in [3.63, 3.8) is 0 Å². The first-order valence-electron chi connectivity index (χ1n) is 3.85. The van der Waals surface area contributed by atoms with Gasteiger partial charge in [-0.1, -0.05) is 24.3 Å². The fourth-order valence-electron chi connectivity index (χ4n) is 1.52. The molecule has 1 heteroatoms. The Morgan fingerprint density at radius 1 is 1.10 bits per heavy atom. The van der Waals surface area contributed by atoms with E-state index in [1.165, 1.54) is 25.1 Å². The van der Waals surface area contributed by atoms with Crippen molar-refractivity contribution in [2.24, 2.45) is 0 Å². The molecule has 0 atom stereocenters. The van der Waals surface area contributed by atoms with Crippen LogP contribution < -0.4 is 5.32 Å². The Bertz CT molecular complexity index is 205. The van der Waals surface area contributed by atoms with Crippen LogP contribution in [0.4, 0.5) is 0 Å². The maximum atomic E-state index is 2.36. The number of nitrogens with two attached hydrogens (primary N) is 1. The Labute approximate surface area is 61.1 Å². The summed E-state index contributed by atoms with van der Waals surface area (Å²) in [4.78, 5) is 0. The van der Waals surface area contributed by atoms with E-state index in [9.17, 15) is 0 Å². The molecule has 0 bridgehead atoms. The predicted octanol–water partition coefficient (Wildman–Crippen LogP) is 0.306. The monoisotopic (exact) mass is 134 g/mol. The second kappa shape index (κ2) is 2.43. The molecule has 1 heterocycles. The van der Waals surface area contributed by atoms with Crippen molar-refractivity contribution in [2.75, 3.05) is 6.54 Å². The smallest absolute Gasteiger partial charge is 0.102 e. The highest BCUT2D eigenvalue weighted by Crippen LogP contribution is 2.08. The first kappa shape index (κ1) is 5.93. The maximum absolute atomic E-state index is 2.36. The topological polar surface area (TPSA) is 16.6 Å². The molecule has 1 aliphatic rings. The van der Waals surface area contributed by atoms with Gasteiger partial charge in [0.05, 0.1) is 6.54 Å². The molecule has 0 spiro atoms. The van der Waals surface area contributed by atoms with E-state index in [2.05, 4.69) is 29.6 Å². The second-order valence-corrected chi connectivity index (χ2v) is 2.80. The molecule has 2 rings (SSSR count). The van der Waals surface area contributed by atoms with Crippen LogP contribution in [0.15, 0.2) is 24.3 Å². The van der Waals surface area contributed by atoms with Gasteiger partial charge in [-0.2, -0.15) is 0 Å². The molecule has 1 aromatic rings. The average Bonchev–Trinajstić information content (AvgIpc) is 2.05. The summed E-state index contributed by atoms with van der Waals surface area (Å²) < 4.78 is 0. The molecule has 1 aromatic carbocycles. The Kier molecular flexibility index (Phi) is 1.44. The zero-order chi connectivity index (χ0) is 6.81. The first-order chi connectivity index (χ1) is 4.97. The molecule has 0 aromatic heterocycles. The third kappa shape index (κ3) is 0.929. The highest BCUT2D eigenvalue weighted by Gasteiger charge is 2.08. The molecule has 0 fully saturated rings. The lowest BCUT2D eigenvalue weighted by atomic mass is 10.0. The number of hydrogen-bond donors (Lipinski definition) is 1. The van der Waals surface area contributed by atoms with Gasteiger partial charge in [-0.3, -0.25) is 0 Å². The zero-order valence-electron chi connectivity index (χ0n) is 6.01. The highest BCUT2D eigenvalue weighted by atomic mass is 14.9. The summed E-state index contributed by atoms with van der Waals surface area (Å²) in [5.41, 5.74) is 3.07. The number of fused-ring (bicyclic) bond motifs is 1.